The van der Waals surface area contributed by atoms with E-state index in [1.54, 1.807) is 0 Å². The summed E-state index contributed by atoms with van der Waals surface area (Å²) in [6, 6.07) is 89.9. The number of aryl methyl sites for hydroxylation is 4. The molecule has 0 unspecified atom stereocenters. The summed E-state index contributed by atoms with van der Waals surface area (Å²) in [5.74, 6) is 0. The van der Waals surface area contributed by atoms with Gasteiger partial charge in [-0.2, -0.15) is 0 Å². The summed E-state index contributed by atoms with van der Waals surface area (Å²) >= 11 is 0. The minimum absolute atomic E-state index is 0.460. The maximum absolute atomic E-state index is 7.67. The van der Waals surface area contributed by atoms with Gasteiger partial charge in [0.2, 0.25) is 0 Å². The molecule has 4 aliphatic carbocycles. The van der Waals surface area contributed by atoms with Crippen LogP contribution in [0.3, 0.4) is 0 Å². The van der Waals surface area contributed by atoms with Crippen molar-refractivity contribution in [3.8, 4) is 0 Å². The van der Waals surface area contributed by atoms with E-state index in [4.69, 9.17) is 4.74 Å². The maximum atomic E-state index is 7.67. The second-order valence-corrected chi connectivity index (χ2v) is 21.0. The standard InChI is InChI=1S/C61H52OP2/c1-8-25-52(26-9-1)61(53-27-10-2-11-28-53,54-29-12-3-13-30-54)62-46-51-44-50-24-22-23-47-39-40-48(59(43-47)63(55-31-14-4-15-32-55)56-33-16-5-17-34-56)41-42-49(51)45-60(50)64(57-35-18-6-19-36-57)58-37-20-7-21-38-58/h1-21,25-40,43-45H,22-24,41-42,46H2. The molecule has 3 heteroatoms. The fourth-order valence-electron chi connectivity index (χ4n) is 9.56. The van der Waals surface area contributed by atoms with Gasteiger partial charge in [-0.3, -0.25) is 0 Å². The van der Waals surface area contributed by atoms with E-state index in [2.05, 4.69) is 243 Å². The van der Waals surface area contributed by atoms with Crippen LogP contribution in [0.1, 0.15) is 50.9 Å². The molecule has 0 amide bonds. The van der Waals surface area contributed by atoms with E-state index < -0.39 is 21.4 Å². The van der Waals surface area contributed by atoms with E-state index >= 15 is 0 Å². The summed E-state index contributed by atoms with van der Waals surface area (Å²) < 4.78 is 7.67. The average Bonchev–Trinajstić information content (AvgIpc) is 3.41. The van der Waals surface area contributed by atoms with Crippen molar-refractivity contribution < 1.29 is 4.74 Å². The lowest BCUT2D eigenvalue weighted by molar-refractivity contribution is -0.0000959. The number of rotatable bonds is 12. The smallest absolute Gasteiger partial charge is 0.144 e. The lowest BCUT2D eigenvalue weighted by Gasteiger charge is -2.36. The van der Waals surface area contributed by atoms with Gasteiger partial charge in [0.05, 0.1) is 6.61 Å². The van der Waals surface area contributed by atoms with E-state index in [0.29, 0.717) is 6.61 Å². The first-order valence-electron chi connectivity index (χ1n) is 22.6. The van der Waals surface area contributed by atoms with Crippen LogP contribution in [0, 0.1) is 0 Å². The molecule has 0 atom stereocenters. The summed E-state index contributed by atoms with van der Waals surface area (Å²) in [6.45, 7) is 0.460. The largest absolute Gasteiger partial charge is 0.356 e. The Labute approximate surface area is 382 Å². The van der Waals surface area contributed by atoms with Crippen LogP contribution in [-0.2, 0) is 42.6 Å². The van der Waals surface area contributed by atoms with Crippen molar-refractivity contribution in [2.45, 2.75) is 44.3 Å². The summed E-state index contributed by atoms with van der Waals surface area (Å²) in [6.07, 6.45) is 4.86. The molecule has 9 aromatic carbocycles. The Hall–Kier alpha value is -6.20. The van der Waals surface area contributed by atoms with Gasteiger partial charge in [0.25, 0.3) is 0 Å². The first-order chi connectivity index (χ1) is 31.7. The second-order valence-electron chi connectivity index (χ2n) is 16.6. The molecule has 4 aliphatic rings. The predicted molar refractivity (Wildman–Crippen MR) is 274 cm³/mol. The maximum Gasteiger partial charge on any atom is 0.144 e. The van der Waals surface area contributed by atoms with Gasteiger partial charge >= 0.3 is 0 Å². The Morgan fingerprint density at radius 2 is 0.734 bits per heavy atom. The molecule has 1 nitrogen and oxygen atoms in total. The topological polar surface area (TPSA) is 9.23 Å². The van der Waals surface area contributed by atoms with E-state index in [1.807, 2.05) is 0 Å². The number of benzene rings is 9. The molecule has 0 radical (unpaired) electrons. The molecule has 0 fully saturated rings. The fraction of sp³-hybridized carbons (Fsp3) is 0.115. The van der Waals surface area contributed by atoms with Gasteiger partial charge in [-0.25, -0.2) is 0 Å². The lowest BCUT2D eigenvalue weighted by Crippen LogP contribution is -2.33. The molecule has 0 saturated heterocycles. The summed E-state index contributed by atoms with van der Waals surface area (Å²) in [5, 5.41) is 8.48. The minimum Gasteiger partial charge on any atom is -0.356 e. The van der Waals surface area contributed by atoms with Crippen molar-refractivity contribution in [3.05, 3.63) is 287 Å². The molecule has 0 heterocycles. The third-order valence-electron chi connectivity index (χ3n) is 12.7. The van der Waals surface area contributed by atoms with Crippen LogP contribution >= 0.6 is 15.8 Å². The molecule has 4 bridgehead atoms. The lowest BCUT2D eigenvalue weighted by atomic mass is 9.80. The van der Waals surface area contributed by atoms with Crippen LogP contribution in [0.2, 0.25) is 0 Å². The molecule has 0 aliphatic heterocycles. The highest BCUT2D eigenvalue weighted by Crippen LogP contribution is 2.43. The Morgan fingerprint density at radius 1 is 0.344 bits per heavy atom. The number of ether oxygens (including phenoxy) is 1. The van der Waals surface area contributed by atoms with Crippen molar-refractivity contribution in [2.24, 2.45) is 0 Å². The van der Waals surface area contributed by atoms with Gasteiger partial charge in [-0.15, -0.1) is 0 Å². The van der Waals surface area contributed by atoms with E-state index in [0.717, 1.165) is 48.8 Å². The van der Waals surface area contributed by atoms with Gasteiger partial charge in [0.15, 0.2) is 0 Å². The Morgan fingerprint density at radius 3 is 1.17 bits per heavy atom. The van der Waals surface area contributed by atoms with E-state index in [1.165, 1.54) is 59.6 Å². The molecular weight excluding hydrogens is 811 g/mol. The van der Waals surface area contributed by atoms with Crippen LogP contribution in [0.4, 0.5) is 0 Å². The SMILES string of the molecule is c1ccc(P(c2ccccc2)c2cc3c(COC(c4ccccc4)(c4ccccc4)c4ccccc4)cc2CCCc2ccc(c(P(c4ccccc4)c4ccccc4)c2)CC3)cc1. The molecule has 0 N–H and O–H groups in total. The summed E-state index contributed by atoms with van der Waals surface area (Å²) in [5.41, 5.74) is 9.44. The first-order valence-corrected chi connectivity index (χ1v) is 25.3. The van der Waals surface area contributed by atoms with Crippen LogP contribution in [0.15, 0.2) is 243 Å². The minimum atomic E-state index is -0.826. The van der Waals surface area contributed by atoms with E-state index in [-0.39, 0.29) is 0 Å². The molecule has 64 heavy (non-hydrogen) atoms. The quantitative estimate of drug-likeness (QED) is 0.0878. The van der Waals surface area contributed by atoms with Crippen molar-refractivity contribution in [3.63, 3.8) is 0 Å². The summed E-state index contributed by atoms with van der Waals surface area (Å²) in [4.78, 5) is 0. The van der Waals surface area contributed by atoms with E-state index in [9.17, 15) is 0 Å². The van der Waals surface area contributed by atoms with Gasteiger partial charge in [0.1, 0.15) is 5.60 Å². The molecular formula is C61H52OP2. The van der Waals surface area contributed by atoms with Gasteiger partial charge in [-0.1, -0.05) is 237 Å². The Bertz CT molecular complexity index is 2710. The molecule has 312 valence electrons. The fourth-order valence-corrected chi connectivity index (χ4v) is 14.7. The van der Waals surface area contributed by atoms with Crippen molar-refractivity contribution in [1.82, 2.24) is 0 Å². The summed E-state index contributed by atoms with van der Waals surface area (Å²) in [7, 11) is -1.59. The van der Waals surface area contributed by atoms with Crippen molar-refractivity contribution >= 4 is 47.7 Å². The highest BCUT2D eigenvalue weighted by Gasteiger charge is 2.38. The normalized spacial score (nSPS) is 12.8. The Balaban J connectivity index is 1.15. The van der Waals surface area contributed by atoms with Crippen LogP contribution in [0.5, 0.6) is 0 Å². The second kappa shape index (κ2) is 19.7. The number of hydrogen-bond donors (Lipinski definition) is 0. The van der Waals surface area contributed by atoms with Crippen LogP contribution < -0.4 is 31.8 Å². The Kier molecular flexibility index (Phi) is 12.8. The molecule has 13 rings (SSSR count). The van der Waals surface area contributed by atoms with Crippen molar-refractivity contribution in [2.75, 3.05) is 0 Å². The number of hydrogen-bond acceptors (Lipinski definition) is 1. The third-order valence-corrected chi connectivity index (χ3v) is 17.7. The van der Waals surface area contributed by atoms with Gasteiger partial charge in [0, 0.05) is 0 Å². The van der Waals surface area contributed by atoms with Crippen LogP contribution in [0.25, 0.3) is 0 Å². The highest BCUT2D eigenvalue weighted by atomic mass is 31.1. The zero-order valence-electron chi connectivity index (χ0n) is 36.1. The average molecular weight is 863 g/mol. The zero-order valence-corrected chi connectivity index (χ0v) is 37.9. The highest BCUT2D eigenvalue weighted by molar-refractivity contribution is 7.80. The van der Waals surface area contributed by atoms with Gasteiger partial charge < -0.3 is 4.74 Å². The predicted octanol–water partition coefficient (Wildman–Crippen LogP) is 12.0. The molecule has 9 aromatic rings. The third kappa shape index (κ3) is 8.82. The van der Waals surface area contributed by atoms with Crippen LogP contribution in [-0.4, -0.2) is 0 Å². The zero-order chi connectivity index (χ0) is 43.0. The molecule has 0 spiro atoms. The van der Waals surface area contributed by atoms with Gasteiger partial charge in [-0.05, 0) is 130 Å². The monoisotopic (exact) mass is 862 g/mol. The molecule has 0 saturated carbocycles. The molecule has 0 aromatic heterocycles. The van der Waals surface area contributed by atoms with Crippen molar-refractivity contribution in [1.29, 1.82) is 0 Å². The first kappa shape index (κ1) is 41.8.